The van der Waals surface area contributed by atoms with Crippen LogP contribution in [0.4, 0.5) is 21.7 Å². The van der Waals surface area contributed by atoms with Gasteiger partial charge in [-0.3, -0.25) is 24.9 Å². The van der Waals surface area contributed by atoms with E-state index in [0.717, 1.165) is 162 Å². The highest BCUT2D eigenvalue weighted by molar-refractivity contribution is 6.01. The summed E-state index contributed by atoms with van der Waals surface area (Å²) in [5.41, 5.74) is 33.5. The fourth-order valence-electron chi connectivity index (χ4n) is 10.2. The predicted molar refractivity (Wildman–Crippen MR) is 370 cm³/mol. The molecule has 5 aromatic heterocycles. The van der Waals surface area contributed by atoms with Gasteiger partial charge in [0.05, 0.1) is 82.2 Å². The summed E-state index contributed by atoms with van der Waals surface area (Å²) in [6.45, 7) is 9.26. The van der Waals surface area contributed by atoms with Gasteiger partial charge in [0, 0.05) is 97.9 Å². The standard InChI is InChI=1S/C20H16N4.C19H15N5.C19H16N4.C18H13FN2/c21-18-13-24-19-4-2-1-3-17(19)16(18)10-7-14-5-8-15(9-6-14)20-22-11-12-23-20;20-18-16(15-3-1-2-4-17(15)23-24-18)10-7-13-5-8-14(9-6-13)19-21-11-12-22-19;1-13-16(17-8-9-20-18(17)12-23-13)7-4-14-2-5-15(6-3-14)19-21-10-11-22-19;1-12-2-6-14-11-21-18(20)16(17(14)10-12)9-5-13-3-7-15(19)8-4-13/h1-6,8-9,13H,11-12,21H2,(H,22,23);1-6,8-9H,11-12H2,(H2,20,24)(H,21,22);2-3,5-6,8-9,12,20H,10-11H2,1H3,(H,21,22);2-4,6-8,10-11H,1H3,(H2,20,21). The topological polar surface area (TPSA) is 231 Å². The number of aromatic amines is 1. The third kappa shape index (κ3) is 14.3. The second kappa shape index (κ2) is 28.0. The second-order valence-electron chi connectivity index (χ2n) is 21.4. The highest BCUT2D eigenvalue weighted by atomic mass is 19.1. The lowest BCUT2D eigenvalue weighted by Gasteiger charge is -2.04. The van der Waals surface area contributed by atoms with Crippen LogP contribution >= 0.6 is 0 Å². The van der Waals surface area contributed by atoms with Gasteiger partial charge in [-0.2, -0.15) is 0 Å². The van der Waals surface area contributed by atoms with Crippen molar-refractivity contribution in [2.24, 2.45) is 15.0 Å². The van der Waals surface area contributed by atoms with E-state index in [4.69, 9.17) is 17.2 Å². The Morgan fingerprint density at radius 2 is 0.902 bits per heavy atom. The Labute approximate surface area is 531 Å². The normalized spacial score (nSPS) is 12.5. The molecular weight excluding hydrogens is 1140 g/mol. The SMILES string of the molecule is Cc1ccc2cnc(N)c(C#Cc3ccc(F)cc3)c2c1.Cc1ncc2[nH]ccc2c1C#Cc1ccc(C2=NCCN2)cc1.Nc1cnc2ccccc2c1C#Cc1ccc(C2=NCCN2)cc1.Nc1nnc2ccccc2c1C#Cc1ccc(C2=NCCN2)cc1. The Bertz CT molecular complexity index is 4930. The van der Waals surface area contributed by atoms with Gasteiger partial charge in [-0.1, -0.05) is 138 Å². The Kier molecular flexibility index (Phi) is 18.2. The monoisotopic (exact) mass is 1200 g/mol. The number of amidine groups is 3. The van der Waals surface area contributed by atoms with E-state index in [-0.39, 0.29) is 5.82 Å². The third-order valence-electron chi connectivity index (χ3n) is 15.0. The number of aromatic nitrogens is 6. The average Bonchev–Trinajstić information content (AvgIpc) is 1.99. The molecule has 0 aliphatic carbocycles. The van der Waals surface area contributed by atoms with Crippen LogP contribution in [0, 0.1) is 67.0 Å². The minimum Gasteiger partial charge on any atom is -0.396 e. The van der Waals surface area contributed by atoms with E-state index >= 15 is 0 Å². The zero-order valence-corrected chi connectivity index (χ0v) is 50.4. The minimum atomic E-state index is -0.275. The highest BCUT2D eigenvalue weighted by Crippen LogP contribution is 2.25. The van der Waals surface area contributed by atoms with E-state index in [1.807, 2.05) is 160 Å². The molecule has 0 saturated carbocycles. The van der Waals surface area contributed by atoms with Crippen LogP contribution in [0.3, 0.4) is 0 Å². The van der Waals surface area contributed by atoms with Crippen molar-refractivity contribution in [3.63, 3.8) is 0 Å². The number of benzene rings is 7. The summed E-state index contributed by atoms with van der Waals surface area (Å²) >= 11 is 0. The first-order chi connectivity index (χ1) is 45.1. The van der Waals surface area contributed by atoms with Gasteiger partial charge in [0.1, 0.15) is 29.1 Å². The molecule has 15 nitrogen and oxygen atoms in total. The quantitative estimate of drug-likeness (QED) is 0.0823. The number of fused-ring (bicyclic) bond motifs is 4. The molecule has 3 aliphatic heterocycles. The molecule has 0 unspecified atom stereocenters. The van der Waals surface area contributed by atoms with Gasteiger partial charge in [0.2, 0.25) is 0 Å². The van der Waals surface area contributed by atoms with Crippen molar-refractivity contribution in [2.45, 2.75) is 13.8 Å². The summed E-state index contributed by atoms with van der Waals surface area (Å²) in [7, 11) is 0. The van der Waals surface area contributed by atoms with Crippen LogP contribution in [0.25, 0.3) is 43.5 Å². The van der Waals surface area contributed by atoms with Gasteiger partial charge in [-0.05, 0) is 98.8 Å². The largest absolute Gasteiger partial charge is 0.396 e. The van der Waals surface area contributed by atoms with Crippen molar-refractivity contribution in [1.29, 1.82) is 0 Å². The van der Waals surface area contributed by atoms with E-state index in [1.54, 1.807) is 24.5 Å². The first-order valence-corrected chi connectivity index (χ1v) is 29.8. The summed E-state index contributed by atoms with van der Waals surface area (Å²) in [5.74, 6) is 28.6. The number of halogens is 1. The number of anilines is 3. The van der Waals surface area contributed by atoms with Crippen molar-refractivity contribution >= 4 is 78.3 Å². The summed E-state index contributed by atoms with van der Waals surface area (Å²) < 4.78 is 12.9. The van der Waals surface area contributed by atoms with Crippen molar-refractivity contribution in [2.75, 3.05) is 56.5 Å². The van der Waals surface area contributed by atoms with E-state index in [2.05, 4.69) is 121 Å². The lowest BCUT2D eigenvalue weighted by Crippen LogP contribution is -2.19. The molecule has 16 heteroatoms. The summed E-state index contributed by atoms with van der Waals surface area (Å²) in [6, 6.07) is 54.1. The van der Waals surface area contributed by atoms with Crippen LogP contribution in [0.5, 0.6) is 0 Å². The molecule has 0 amide bonds. The molecule has 0 atom stereocenters. The van der Waals surface area contributed by atoms with E-state index in [0.29, 0.717) is 28.5 Å². The van der Waals surface area contributed by atoms with Gasteiger partial charge in [-0.25, -0.2) is 9.37 Å². The second-order valence-corrected chi connectivity index (χ2v) is 21.4. The fraction of sp³-hybridized carbons (Fsp3) is 0.105. The molecule has 15 rings (SSSR count). The predicted octanol–water partition coefficient (Wildman–Crippen LogP) is 10.8. The van der Waals surface area contributed by atoms with Gasteiger partial charge in [0.25, 0.3) is 0 Å². The highest BCUT2D eigenvalue weighted by Gasteiger charge is 2.12. The van der Waals surface area contributed by atoms with Crippen molar-refractivity contribution in [1.82, 2.24) is 46.1 Å². The van der Waals surface area contributed by atoms with Crippen molar-refractivity contribution in [3.8, 4) is 47.4 Å². The van der Waals surface area contributed by atoms with Crippen LogP contribution in [0.15, 0.2) is 210 Å². The van der Waals surface area contributed by atoms with Crippen LogP contribution in [-0.2, 0) is 0 Å². The molecule has 92 heavy (non-hydrogen) atoms. The summed E-state index contributed by atoms with van der Waals surface area (Å²) in [6.07, 6.45) is 7.17. The maximum Gasteiger partial charge on any atom is 0.162 e. The first kappa shape index (κ1) is 59.7. The number of hydrogen-bond donors (Lipinski definition) is 7. The molecule has 10 N–H and O–H groups in total. The number of nitrogens with one attached hydrogen (secondary N) is 4. The first-order valence-electron chi connectivity index (χ1n) is 29.8. The van der Waals surface area contributed by atoms with Gasteiger partial charge in [-0.15, -0.1) is 10.2 Å². The number of pyridine rings is 3. The Morgan fingerprint density at radius 1 is 0.413 bits per heavy atom. The van der Waals surface area contributed by atoms with Crippen LogP contribution in [0.2, 0.25) is 0 Å². The number of aliphatic imine (C=N–C) groups is 3. The van der Waals surface area contributed by atoms with Gasteiger partial charge in [0.15, 0.2) is 5.82 Å². The molecule has 0 spiro atoms. The van der Waals surface area contributed by atoms with E-state index in [1.165, 1.54) is 12.1 Å². The number of H-pyrrole nitrogens is 1. The number of nitrogens with two attached hydrogens (primary N) is 3. The molecule has 0 bridgehead atoms. The molecule has 0 radical (unpaired) electrons. The lowest BCUT2D eigenvalue weighted by molar-refractivity contribution is 0.627. The van der Waals surface area contributed by atoms with Crippen molar-refractivity contribution < 1.29 is 4.39 Å². The smallest absolute Gasteiger partial charge is 0.162 e. The minimum absolute atomic E-state index is 0.275. The van der Waals surface area contributed by atoms with E-state index < -0.39 is 0 Å². The Balaban J connectivity index is 0.000000118. The summed E-state index contributed by atoms with van der Waals surface area (Å²) in [5, 5.41) is 22.9. The molecule has 8 heterocycles. The van der Waals surface area contributed by atoms with Crippen LogP contribution in [-0.4, -0.2) is 86.9 Å². The van der Waals surface area contributed by atoms with Gasteiger partial charge < -0.3 is 38.1 Å². The molecule has 12 aromatic rings. The molecule has 0 fully saturated rings. The Hall–Kier alpha value is -12.6. The number of aryl methyl sites for hydroxylation is 2. The third-order valence-corrected chi connectivity index (χ3v) is 15.0. The zero-order chi connectivity index (χ0) is 63.2. The zero-order valence-electron chi connectivity index (χ0n) is 50.4. The van der Waals surface area contributed by atoms with Crippen LogP contribution < -0.4 is 33.2 Å². The number of para-hydroxylation sites is 1. The molecule has 3 aliphatic rings. The molecule has 0 saturated heterocycles. The maximum atomic E-state index is 12.9. The van der Waals surface area contributed by atoms with Crippen LogP contribution in [0.1, 0.15) is 72.5 Å². The average molecular weight is 1200 g/mol. The number of nitrogens with zero attached hydrogens (tertiary/aromatic N) is 8. The van der Waals surface area contributed by atoms with Gasteiger partial charge >= 0.3 is 0 Å². The number of nitrogen functional groups attached to an aromatic ring is 3. The summed E-state index contributed by atoms with van der Waals surface area (Å²) in [4.78, 5) is 29.4. The lowest BCUT2D eigenvalue weighted by atomic mass is 10.0. The van der Waals surface area contributed by atoms with E-state index in [9.17, 15) is 4.39 Å². The number of hydrogen-bond acceptors (Lipinski definition) is 14. The molecule has 7 aromatic carbocycles. The molecule has 446 valence electrons. The molecular formula is C76H60FN15. The fourth-order valence-corrected chi connectivity index (χ4v) is 10.2. The number of rotatable bonds is 3. The maximum absolute atomic E-state index is 12.9. The Morgan fingerprint density at radius 3 is 1.45 bits per heavy atom. The van der Waals surface area contributed by atoms with Crippen molar-refractivity contribution in [3.05, 3.63) is 273 Å².